The van der Waals surface area contributed by atoms with E-state index in [-0.39, 0.29) is 18.4 Å². The molecule has 6 heteroatoms. The fourth-order valence-corrected chi connectivity index (χ4v) is 2.61. The Kier molecular flexibility index (Phi) is 5.86. The summed E-state index contributed by atoms with van der Waals surface area (Å²) in [5.41, 5.74) is 2.70. The van der Waals surface area contributed by atoms with Crippen LogP contribution in [0.25, 0.3) is 11.5 Å². The maximum atomic E-state index is 12.1. The minimum atomic E-state index is -0.108. The summed E-state index contributed by atoms with van der Waals surface area (Å²) < 4.78 is 11.3. The fraction of sp³-hybridized carbons (Fsp3) is 0.286. The molecule has 0 saturated carbocycles. The lowest BCUT2D eigenvalue weighted by Gasteiger charge is -2.10. The zero-order valence-corrected chi connectivity index (χ0v) is 15.7. The van der Waals surface area contributed by atoms with E-state index in [0.717, 1.165) is 22.6 Å². The lowest BCUT2D eigenvalue weighted by molar-refractivity contribution is -0.116. The van der Waals surface area contributed by atoms with E-state index >= 15 is 0 Å². The predicted octanol–water partition coefficient (Wildman–Crippen LogP) is 4.40. The first-order valence-electron chi connectivity index (χ1n) is 8.96. The third kappa shape index (κ3) is 5.17. The summed E-state index contributed by atoms with van der Waals surface area (Å²) >= 11 is 0. The molecule has 0 radical (unpaired) electrons. The number of hydrogen-bond acceptors (Lipinski definition) is 5. The molecule has 0 aliphatic carbocycles. The van der Waals surface area contributed by atoms with E-state index < -0.39 is 0 Å². The summed E-state index contributed by atoms with van der Waals surface area (Å²) in [4.78, 5) is 12.1. The van der Waals surface area contributed by atoms with Crippen molar-refractivity contribution < 1.29 is 13.9 Å². The lowest BCUT2D eigenvalue weighted by Crippen LogP contribution is -2.12. The highest BCUT2D eigenvalue weighted by atomic mass is 16.5. The number of nitrogens with one attached hydrogen (secondary N) is 1. The van der Waals surface area contributed by atoms with Crippen LogP contribution in [0, 0.1) is 6.92 Å². The van der Waals surface area contributed by atoms with Crippen LogP contribution in [-0.4, -0.2) is 22.2 Å². The minimum Gasteiger partial charge on any atom is -0.491 e. The molecule has 0 spiro atoms. The molecule has 1 amide bonds. The van der Waals surface area contributed by atoms with Gasteiger partial charge in [0.05, 0.1) is 6.10 Å². The average molecular weight is 365 g/mol. The average Bonchev–Trinajstić information content (AvgIpc) is 3.10. The third-order valence-corrected chi connectivity index (χ3v) is 3.92. The maximum Gasteiger partial charge on any atom is 0.247 e. The maximum absolute atomic E-state index is 12.1. The molecular formula is C21H23N3O3. The molecule has 0 unspecified atom stereocenters. The van der Waals surface area contributed by atoms with Crippen molar-refractivity contribution in [3.05, 3.63) is 60.0 Å². The Bertz CT molecular complexity index is 901. The minimum absolute atomic E-state index is 0.108. The number of amides is 1. The number of anilines is 1. The second kappa shape index (κ2) is 8.49. The van der Waals surface area contributed by atoms with Crippen LogP contribution in [-0.2, 0) is 11.2 Å². The highest BCUT2D eigenvalue weighted by molar-refractivity contribution is 5.90. The zero-order chi connectivity index (χ0) is 19.2. The molecule has 2 aromatic carbocycles. The van der Waals surface area contributed by atoms with Gasteiger partial charge >= 0.3 is 0 Å². The van der Waals surface area contributed by atoms with Gasteiger partial charge in [0, 0.05) is 24.1 Å². The molecule has 3 aromatic rings. The van der Waals surface area contributed by atoms with Crippen molar-refractivity contribution in [2.24, 2.45) is 0 Å². The summed E-state index contributed by atoms with van der Waals surface area (Å²) in [6.07, 6.45) is 0.767. The molecule has 0 aliphatic rings. The Morgan fingerprint density at radius 1 is 1.11 bits per heavy atom. The van der Waals surface area contributed by atoms with Gasteiger partial charge in [0.25, 0.3) is 0 Å². The first kappa shape index (κ1) is 18.6. The Morgan fingerprint density at radius 3 is 2.56 bits per heavy atom. The van der Waals surface area contributed by atoms with Crippen LogP contribution in [0.2, 0.25) is 0 Å². The molecule has 6 nitrogen and oxygen atoms in total. The van der Waals surface area contributed by atoms with Gasteiger partial charge in [0.1, 0.15) is 5.75 Å². The largest absolute Gasteiger partial charge is 0.491 e. The van der Waals surface area contributed by atoms with Crippen molar-refractivity contribution in [1.82, 2.24) is 10.2 Å². The number of ether oxygens (including phenoxy) is 1. The van der Waals surface area contributed by atoms with Gasteiger partial charge in [-0.3, -0.25) is 4.79 Å². The van der Waals surface area contributed by atoms with E-state index in [1.807, 2.05) is 69.3 Å². The van der Waals surface area contributed by atoms with Crippen LogP contribution >= 0.6 is 0 Å². The van der Waals surface area contributed by atoms with Gasteiger partial charge in [-0.1, -0.05) is 18.2 Å². The van der Waals surface area contributed by atoms with E-state index in [0.29, 0.717) is 18.2 Å². The lowest BCUT2D eigenvalue weighted by atomic mass is 10.1. The first-order valence-corrected chi connectivity index (χ1v) is 8.96. The molecule has 0 saturated heterocycles. The van der Waals surface area contributed by atoms with Gasteiger partial charge in [-0.15, -0.1) is 10.2 Å². The Labute approximate surface area is 158 Å². The third-order valence-electron chi connectivity index (χ3n) is 3.92. The quantitative estimate of drug-likeness (QED) is 0.671. The smallest absolute Gasteiger partial charge is 0.247 e. The molecule has 3 rings (SSSR count). The summed E-state index contributed by atoms with van der Waals surface area (Å²) in [7, 11) is 0. The number of rotatable bonds is 7. The van der Waals surface area contributed by atoms with Crippen molar-refractivity contribution >= 4 is 11.6 Å². The molecule has 27 heavy (non-hydrogen) atoms. The van der Waals surface area contributed by atoms with Crippen molar-refractivity contribution in [3.63, 3.8) is 0 Å². The molecule has 0 bridgehead atoms. The van der Waals surface area contributed by atoms with E-state index in [4.69, 9.17) is 9.15 Å². The number of benzene rings is 2. The zero-order valence-electron chi connectivity index (χ0n) is 15.7. The van der Waals surface area contributed by atoms with Gasteiger partial charge < -0.3 is 14.5 Å². The highest BCUT2D eigenvalue weighted by Crippen LogP contribution is 2.22. The SMILES string of the molecule is Cc1ccccc1-c1nnc(CCC(=O)Nc2ccc(OC(C)C)cc2)o1. The van der Waals surface area contributed by atoms with Crippen molar-refractivity contribution in [2.45, 2.75) is 39.7 Å². The standard InChI is InChI=1S/C21H23N3O3/c1-14(2)26-17-10-8-16(9-11-17)22-19(25)12-13-20-23-24-21(27-20)18-7-5-4-6-15(18)3/h4-11,14H,12-13H2,1-3H3,(H,22,25). The van der Waals surface area contributed by atoms with Crippen molar-refractivity contribution in [3.8, 4) is 17.2 Å². The van der Waals surface area contributed by atoms with Crippen LogP contribution in [0.4, 0.5) is 5.69 Å². The van der Waals surface area contributed by atoms with Crippen molar-refractivity contribution in [2.75, 3.05) is 5.32 Å². The summed E-state index contributed by atoms with van der Waals surface area (Å²) in [5.74, 6) is 1.59. The van der Waals surface area contributed by atoms with Gasteiger partial charge in [-0.2, -0.15) is 0 Å². The number of carbonyl (C=O) groups is 1. The monoisotopic (exact) mass is 365 g/mol. The van der Waals surface area contributed by atoms with E-state index in [2.05, 4.69) is 15.5 Å². The fourth-order valence-electron chi connectivity index (χ4n) is 2.61. The predicted molar refractivity (Wildman–Crippen MR) is 104 cm³/mol. The summed E-state index contributed by atoms with van der Waals surface area (Å²) in [6, 6.07) is 15.1. The van der Waals surface area contributed by atoms with Crippen LogP contribution < -0.4 is 10.1 Å². The number of aromatic nitrogens is 2. The number of aryl methyl sites for hydroxylation is 2. The second-order valence-corrected chi connectivity index (χ2v) is 6.56. The number of carbonyl (C=O) groups excluding carboxylic acids is 1. The number of hydrogen-bond donors (Lipinski definition) is 1. The van der Waals surface area contributed by atoms with E-state index in [1.54, 1.807) is 0 Å². The molecule has 1 aromatic heterocycles. The van der Waals surface area contributed by atoms with Gasteiger partial charge in [0.2, 0.25) is 17.7 Å². The van der Waals surface area contributed by atoms with Crippen LogP contribution in [0.3, 0.4) is 0 Å². The molecule has 0 fully saturated rings. The molecule has 140 valence electrons. The van der Waals surface area contributed by atoms with E-state index in [1.165, 1.54) is 0 Å². The molecule has 1 N–H and O–H groups in total. The molecular weight excluding hydrogens is 342 g/mol. The summed E-state index contributed by atoms with van der Waals surface area (Å²) in [5, 5.41) is 11.0. The molecule has 0 aliphatic heterocycles. The van der Waals surface area contributed by atoms with Gasteiger partial charge in [-0.25, -0.2) is 0 Å². The van der Waals surface area contributed by atoms with Crippen LogP contribution in [0.1, 0.15) is 31.7 Å². The topological polar surface area (TPSA) is 77.2 Å². The van der Waals surface area contributed by atoms with Gasteiger partial charge in [-0.05, 0) is 56.7 Å². The van der Waals surface area contributed by atoms with Crippen LogP contribution in [0.5, 0.6) is 5.75 Å². The Morgan fingerprint density at radius 2 is 1.85 bits per heavy atom. The first-order chi connectivity index (χ1) is 13.0. The van der Waals surface area contributed by atoms with Crippen LogP contribution in [0.15, 0.2) is 52.9 Å². The highest BCUT2D eigenvalue weighted by Gasteiger charge is 2.12. The molecule has 1 heterocycles. The van der Waals surface area contributed by atoms with Gasteiger partial charge in [0.15, 0.2) is 0 Å². The second-order valence-electron chi connectivity index (χ2n) is 6.56. The van der Waals surface area contributed by atoms with Crippen molar-refractivity contribution in [1.29, 1.82) is 0 Å². The van der Waals surface area contributed by atoms with E-state index in [9.17, 15) is 4.79 Å². The Hall–Kier alpha value is -3.15. The molecule has 0 atom stereocenters. The Balaban J connectivity index is 1.53. The summed E-state index contributed by atoms with van der Waals surface area (Å²) in [6.45, 7) is 5.93. The number of nitrogens with zero attached hydrogens (tertiary/aromatic N) is 2. The normalized spacial score (nSPS) is 10.8.